The molecule has 1 aromatic rings. The number of rotatable bonds is 8. The fourth-order valence-corrected chi connectivity index (χ4v) is 2.38. The van der Waals surface area contributed by atoms with Gasteiger partial charge in [-0.2, -0.15) is 11.8 Å². The highest BCUT2D eigenvalue weighted by Crippen LogP contribution is 2.20. The number of hydrogen-bond donors (Lipinski definition) is 1. The molecular weight excluding hydrogens is 244 g/mol. The Morgan fingerprint density at radius 3 is 2.78 bits per heavy atom. The molecule has 0 fully saturated rings. The van der Waals surface area contributed by atoms with Gasteiger partial charge in [-0.05, 0) is 49.7 Å². The van der Waals surface area contributed by atoms with E-state index in [0.29, 0.717) is 6.54 Å². The molecule has 0 unspecified atom stereocenters. The van der Waals surface area contributed by atoms with Crippen molar-refractivity contribution in [2.24, 2.45) is 5.73 Å². The highest BCUT2D eigenvalue weighted by Gasteiger charge is 2.05. The van der Waals surface area contributed by atoms with Crippen molar-refractivity contribution < 1.29 is 4.74 Å². The summed E-state index contributed by atoms with van der Waals surface area (Å²) in [6, 6.07) is 6.26. The van der Waals surface area contributed by atoms with Crippen molar-refractivity contribution in [1.82, 2.24) is 4.90 Å². The minimum atomic E-state index is 0.521. The summed E-state index contributed by atoms with van der Waals surface area (Å²) in [6.45, 7) is 2.61. The van der Waals surface area contributed by atoms with E-state index in [4.69, 9.17) is 10.5 Å². The summed E-state index contributed by atoms with van der Waals surface area (Å²) in [6.07, 6.45) is 3.38. The third kappa shape index (κ3) is 4.88. The SMILES string of the molecule is COc1ccc(CN(C)CCCSC)cc1CN. The monoisotopic (exact) mass is 268 g/mol. The van der Waals surface area contributed by atoms with Crippen LogP contribution in [0.1, 0.15) is 17.5 Å². The number of nitrogens with zero attached hydrogens (tertiary/aromatic N) is 1. The molecule has 0 aliphatic heterocycles. The summed E-state index contributed by atoms with van der Waals surface area (Å²) in [7, 11) is 3.84. The van der Waals surface area contributed by atoms with Crippen LogP contribution in [0.2, 0.25) is 0 Å². The molecule has 0 aliphatic rings. The summed E-state index contributed by atoms with van der Waals surface area (Å²) < 4.78 is 5.28. The number of hydrogen-bond acceptors (Lipinski definition) is 4. The van der Waals surface area contributed by atoms with Crippen LogP contribution in [0.3, 0.4) is 0 Å². The number of methoxy groups -OCH3 is 1. The molecule has 3 nitrogen and oxygen atoms in total. The van der Waals surface area contributed by atoms with Crippen molar-refractivity contribution in [3.8, 4) is 5.75 Å². The summed E-state index contributed by atoms with van der Waals surface area (Å²) in [5.41, 5.74) is 8.10. The molecule has 0 spiro atoms. The molecule has 1 rings (SSSR count). The number of benzene rings is 1. The Morgan fingerprint density at radius 2 is 2.17 bits per heavy atom. The maximum absolute atomic E-state index is 5.73. The Labute approximate surface area is 115 Å². The van der Waals surface area contributed by atoms with Crippen molar-refractivity contribution in [3.63, 3.8) is 0 Å². The van der Waals surface area contributed by atoms with E-state index in [1.54, 1.807) is 7.11 Å². The van der Waals surface area contributed by atoms with Gasteiger partial charge >= 0.3 is 0 Å². The van der Waals surface area contributed by atoms with E-state index in [9.17, 15) is 0 Å². The Morgan fingerprint density at radius 1 is 1.39 bits per heavy atom. The predicted octanol–water partition coefficient (Wildman–Crippen LogP) is 2.34. The normalized spacial score (nSPS) is 10.9. The van der Waals surface area contributed by atoms with Gasteiger partial charge in [0.15, 0.2) is 0 Å². The van der Waals surface area contributed by atoms with Gasteiger partial charge in [0, 0.05) is 18.7 Å². The summed E-state index contributed by atoms with van der Waals surface area (Å²) in [5.74, 6) is 2.10. The molecule has 0 atom stereocenters. The highest BCUT2D eigenvalue weighted by molar-refractivity contribution is 7.98. The van der Waals surface area contributed by atoms with Crippen molar-refractivity contribution in [1.29, 1.82) is 0 Å². The van der Waals surface area contributed by atoms with E-state index < -0.39 is 0 Å². The molecule has 102 valence electrons. The van der Waals surface area contributed by atoms with Gasteiger partial charge < -0.3 is 15.4 Å². The lowest BCUT2D eigenvalue weighted by molar-refractivity contribution is 0.328. The molecule has 4 heteroatoms. The molecular formula is C14H24N2OS. The second-order valence-electron chi connectivity index (χ2n) is 4.43. The molecule has 0 saturated carbocycles. The van der Waals surface area contributed by atoms with Gasteiger partial charge in [-0.1, -0.05) is 6.07 Å². The first-order valence-electron chi connectivity index (χ1n) is 6.24. The van der Waals surface area contributed by atoms with Gasteiger partial charge in [-0.15, -0.1) is 0 Å². The van der Waals surface area contributed by atoms with E-state index in [1.807, 2.05) is 17.8 Å². The Bertz CT molecular complexity index is 358. The van der Waals surface area contributed by atoms with Crippen molar-refractivity contribution >= 4 is 11.8 Å². The number of nitrogens with two attached hydrogens (primary N) is 1. The fraction of sp³-hybridized carbons (Fsp3) is 0.571. The molecule has 18 heavy (non-hydrogen) atoms. The molecule has 0 saturated heterocycles. The van der Waals surface area contributed by atoms with Crippen LogP contribution in [0, 0.1) is 0 Å². The third-order valence-corrected chi connectivity index (χ3v) is 3.60. The Hall–Kier alpha value is -0.710. The van der Waals surface area contributed by atoms with Crippen molar-refractivity contribution in [2.75, 3.05) is 32.7 Å². The van der Waals surface area contributed by atoms with Crippen molar-refractivity contribution in [3.05, 3.63) is 29.3 Å². The zero-order valence-corrected chi connectivity index (χ0v) is 12.4. The van der Waals surface area contributed by atoms with Gasteiger partial charge in [-0.25, -0.2) is 0 Å². The second-order valence-corrected chi connectivity index (χ2v) is 5.42. The first-order valence-corrected chi connectivity index (χ1v) is 7.64. The minimum Gasteiger partial charge on any atom is -0.496 e. The maximum atomic E-state index is 5.73. The van der Waals surface area contributed by atoms with Crippen LogP contribution in [0.4, 0.5) is 0 Å². The largest absolute Gasteiger partial charge is 0.496 e. The average molecular weight is 268 g/mol. The van der Waals surface area contributed by atoms with E-state index in [1.165, 1.54) is 17.7 Å². The zero-order chi connectivity index (χ0) is 13.4. The van der Waals surface area contributed by atoms with Crippen LogP contribution in [-0.2, 0) is 13.1 Å². The number of ether oxygens (including phenoxy) is 1. The topological polar surface area (TPSA) is 38.5 Å². The molecule has 1 aromatic carbocycles. The summed E-state index contributed by atoms with van der Waals surface area (Å²) in [4.78, 5) is 2.35. The van der Waals surface area contributed by atoms with Crippen LogP contribution < -0.4 is 10.5 Å². The van der Waals surface area contributed by atoms with E-state index in [-0.39, 0.29) is 0 Å². The van der Waals surface area contributed by atoms with Gasteiger partial charge in [-0.3, -0.25) is 0 Å². The van der Waals surface area contributed by atoms with Gasteiger partial charge in [0.2, 0.25) is 0 Å². The van der Waals surface area contributed by atoms with Gasteiger partial charge in [0.05, 0.1) is 7.11 Å². The molecule has 0 radical (unpaired) electrons. The average Bonchev–Trinajstić information content (AvgIpc) is 2.39. The van der Waals surface area contributed by atoms with Gasteiger partial charge in [0.1, 0.15) is 5.75 Å². The first kappa shape index (κ1) is 15.3. The molecule has 2 N–H and O–H groups in total. The molecule has 0 bridgehead atoms. The zero-order valence-electron chi connectivity index (χ0n) is 11.6. The van der Waals surface area contributed by atoms with Crippen LogP contribution in [0.25, 0.3) is 0 Å². The minimum absolute atomic E-state index is 0.521. The van der Waals surface area contributed by atoms with Crippen LogP contribution >= 0.6 is 11.8 Å². The molecule has 0 heterocycles. The predicted molar refractivity (Wildman–Crippen MR) is 80.2 cm³/mol. The van der Waals surface area contributed by atoms with Crippen LogP contribution in [-0.4, -0.2) is 37.6 Å². The van der Waals surface area contributed by atoms with E-state index >= 15 is 0 Å². The lowest BCUT2D eigenvalue weighted by atomic mass is 10.1. The van der Waals surface area contributed by atoms with Gasteiger partial charge in [0.25, 0.3) is 0 Å². The molecule has 0 aliphatic carbocycles. The van der Waals surface area contributed by atoms with E-state index in [2.05, 4.69) is 30.3 Å². The summed E-state index contributed by atoms with van der Waals surface area (Å²) >= 11 is 1.90. The number of thioether (sulfide) groups is 1. The van der Waals surface area contributed by atoms with E-state index in [0.717, 1.165) is 24.4 Å². The second kappa shape index (κ2) is 8.40. The lowest BCUT2D eigenvalue weighted by Gasteiger charge is -2.17. The smallest absolute Gasteiger partial charge is 0.123 e. The van der Waals surface area contributed by atoms with Crippen LogP contribution in [0.15, 0.2) is 18.2 Å². The lowest BCUT2D eigenvalue weighted by Crippen LogP contribution is -2.19. The Balaban J connectivity index is 2.56. The third-order valence-electron chi connectivity index (χ3n) is 2.91. The summed E-state index contributed by atoms with van der Waals surface area (Å²) in [5, 5.41) is 0. The standard InChI is InChI=1S/C14H24N2OS/c1-16(7-4-8-18-3)11-12-5-6-14(17-2)13(9-12)10-15/h5-6,9H,4,7-8,10-11,15H2,1-3H3. The maximum Gasteiger partial charge on any atom is 0.123 e. The Kier molecular flexibility index (Phi) is 7.16. The fourth-order valence-electron chi connectivity index (χ4n) is 1.96. The molecule has 0 amide bonds. The molecule has 0 aromatic heterocycles. The highest BCUT2D eigenvalue weighted by atomic mass is 32.2. The first-order chi connectivity index (χ1) is 8.71. The van der Waals surface area contributed by atoms with Crippen LogP contribution in [0.5, 0.6) is 5.75 Å². The van der Waals surface area contributed by atoms with Crippen molar-refractivity contribution in [2.45, 2.75) is 19.5 Å². The quantitative estimate of drug-likeness (QED) is 0.735.